The van der Waals surface area contributed by atoms with Gasteiger partial charge in [-0.2, -0.15) is 5.10 Å². The molecule has 0 fully saturated rings. The lowest BCUT2D eigenvalue weighted by molar-refractivity contribution is 0.0587. The number of rotatable bonds is 2. The highest BCUT2D eigenvalue weighted by Gasteiger charge is 2.22. The molecule has 130 valence electrons. The van der Waals surface area contributed by atoms with Crippen LogP contribution in [-0.2, 0) is 4.74 Å². The molecule has 0 aliphatic carbocycles. The summed E-state index contributed by atoms with van der Waals surface area (Å²) in [6.45, 7) is 0. The lowest BCUT2D eigenvalue weighted by Gasteiger charge is -2.11. The zero-order valence-corrected chi connectivity index (χ0v) is 14.9. The largest absolute Gasteiger partial charge is 0.505 e. The maximum absolute atomic E-state index is 12.1. The second-order valence-corrected chi connectivity index (χ2v) is 6.48. The van der Waals surface area contributed by atoms with Gasteiger partial charge >= 0.3 is 5.97 Å². The molecule has 0 saturated carbocycles. The van der Waals surface area contributed by atoms with Crippen LogP contribution in [-0.4, -0.2) is 32.8 Å². The summed E-state index contributed by atoms with van der Waals surface area (Å²) in [5, 5.41) is 16.7. The third-order valence-electron chi connectivity index (χ3n) is 4.07. The maximum Gasteiger partial charge on any atom is 0.360 e. The van der Waals surface area contributed by atoms with Crippen molar-refractivity contribution in [2.75, 3.05) is 7.11 Å². The average molecular weight is 388 g/mol. The molecule has 4 rings (SSSR count). The van der Waals surface area contributed by atoms with Crippen molar-refractivity contribution >= 4 is 45.6 Å². The molecular formula is C18H11Cl2N3O3. The number of halogens is 2. The smallest absolute Gasteiger partial charge is 0.360 e. The number of carbonyl (C=O) groups is 1. The molecule has 0 saturated heterocycles. The van der Waals surface area contributed by atoms with Gasteiger partial charge in [-0.25, -0.2) is 14.3 Å². The van der Waals surface area contributed by atoms with Crippen LogP contribution in [0.2, 0.25) is 10.0 Å². The van der Waals surface area contributed by atoms with Crippen LogP contribution in [0.1, 0.15) is 10.5 Å². The van der Waals surface area contributed by atoms with Crippen LogP contribution in [0.3, 0.4) is 0 Å². The van der Waals surface area contributed by atoms with E-state index in [1.54, 1.807) is 30.3 Å². The van der Waals surface area contributed by atoms with Crippen molar-refractivity contribution in [3.8, 4) is 16.9 Å². The number of hydrogen-bond donors (Lipinski definition) is 1. The van der Waals surface area contributed by atoms with Crippen LogP contribution in [0.5, 0.6) is 5.75 Å². The van der Waals surface area contributed by atoms with Crippen LogP contribution in [0, 0.1) is 0 Å². The van der Waals surface area contributed by atoms with E-state index in [2.05, 4.69) is 10.1 Å². The van der Waals surface area contributed by atoms with Gasteiger partial charge < -0.3 is 9.84 Å². The molecule has 1 N–H and O–H groups in total. The van der Waals surface area contributed by atoms with E-state index in [0.717, 1.165) is 11.1 Å². The Labute approximate surface area is 157 Å². The third-order valence-corrected chi connectivity index (χ3v) is 4.51. The summed E-state index contributed by atoms with van der Waals surface area (Å²) in [5.41, 5.74) is 2.00. The minimum atomic E-state index is -0.703. The normalized spacial score (nSPS) is 11.2. The van der Waals surface area contributed by atoms with Crippen molar-refractivity contribution in [3.05, 3.63) is 58.5 Å². The second-order valence-electron chi connectivity index (χ2n) is 5.60. The molecule has 0 spiro atoms. The van der Waals surface area contributed by atoms with Crippen LogP contribution in [0.4, 0.5) is 0 Å². The van der Waals surface area contributed by atoms with Gasteiger partial charge in [0.05, 0.1) is 7.11 Å². The Morgan fingerprint density at radius 2 is 1.81 bits per heavy atom. The number of carbonyl (C=O) groups excluding carboxylic acids is 1. The molecule has 0 aliphatic rings. The van der Waals surface area contributed by atoms with Crippen molar-refractivity contribution in [1.29, 1.82) is 0 Å². The Balaban J connectivity index is 2.04. The summed E-state index contributed by atoms with van der Waals surface area (Å²) in [6.07, 6.45) is 1.31. The van der Waals surface area contributed by atoms with Crippen LogP contribution in [0.15, 0.2) is 42.7 Å². The highest BCUT2D eigenvalue weighted by atomic mass is 35.5. The lowest BCUT2D eigenvalue weighted by atomic mass is 10.0. The fourth-order valence-corrected chi connectivity index (χ4v) is 3.46. The molecule has 4 aromatic rings. The standard InChI is InChI=1S/C18H11Cl2N3O3/c1-26-18(25)15-16(24)13-3-2-9(10-4-11(19)7-12(20)5-10)6-14(13)17-21-8-22-23(15)17/h2-8,24H,1H3. The number of methoxy groups -OCH3 is 1. The number of pyridine rings is 1. The van der Waals surface area contributed by atoms with Crippen LogP contribution < -0.4 is 0 Å². The van der Waals surface area contributed by atoms with Gasteiger partial charge in [-0.15, -0.1) is 0 Å². The van der Waals surface area contributed by atoms with Crippen LogP contribution >= 0.6 is 23.2 Å². The Morgan fingerprint density at radius 1 is 1.08 bits per heavy atom. The SMILES string of the molecule is COC(=O)c1c(O)c2ccc(-c3cc(Cl)cc(Cl)c3)cc2c2ncnn12. The molecule has 0 unspecified atom stereocenters. The Kier molecular flexibility index (Phi) is 3.94. The molecule has 0 radical (unpaired) electrons. The van der Waals surface area contributed by atoms with E-state index in [9.17, 15) is 9.90 Å². The molecule has 26 heavy (non-hydrogen) atoms. The molecule has 0 aliphatic heterocycles. The summed E-state index contributed by atoms with van der Waals surface area (Å²) in [4.78, 5) is 16.3. The first-order chi connectivity index (χ1) is 12.5. The second kappa shape index (κ2) is 6.16. The number of nitrogens with zero attached hydrogens (tertiary/aromatic N) is 3. The first kappa shape index (κ1) is 16.6. The first-order valence-corrected chi connectivity index (χ1v) is 8.28. The van der Waals surface area contributed by atoms with Crippen molar-refractivity contribution in [2.45, 2.75) is 0 Å². The highest BCUT2D eigenvalue weighted by Crippen LogP contribution is 2.35. The Hall–Kier alpha value is -2.83. The highest BCUT2D eigenvalue weighted by molar-refractivity contribution is 6.35. The van der Waals surface area contributed by atoms with Gasteiger partial charge in [-0.1, -0.05) is 29.3 Å². The zero-order chi connectivity index (χ0) is 18.4. The summed E-state index contributed by atoms with van der Waals surface area (Å²) in [7, 11) is 1.24. The predicted octanol–water partition coefficient (Wildman–Crippen LogP) is 4.35. The van der Waals surface area contributed by atoms with E-state index in [0.29, 0.717) is 26.5 Å². The predicted molar refractivity (Wildman–Crippen MR) is 99.0 cm³/mol. The quantitative estimate of drug-likeness (QED) is 0.517. The molecule has 0 atom stereocenters. The average Bonchev–Trinajstić information content (AvgIpc) is 3.10. The van der Waals surface area contributed by atoms with Gasteiger partial charge in [-0.05, 0) is 41.5 Å². The summed E-state index contributed by atoms with van der Waals surface area (Å²) in [5.74, 6) is -0.925. The third kappa shape index (κ3) is 2.55. The number of benzene rings is 2. The number of aromatic hydroxyl groups is 1. The van der Waals surface area contributed by atoms with Crippen molar-refractivity contribution < 1.29 is 14.6 Å². The van der Waals surface area contributed by atoms with Gasteiger partial charge in [0.1, 0.15) is 6.33 Å². The number of esters is 1. The molecule has 8 heteroatoms. The van der Waals surface area contributed by atoms with Crippen molar-refractivity contribution in [3.63, 3.8) is 0 Å². The van der Waals surface area contributed by atoms with E-state index < -0.39 is 5.97 Å². The van der Waals surface area contributed by atoms with Gasteiger partial charge in [-0.3, -0.25) is 0 Å². The summed E-state index contributed by atoms with van der Waals surface area (Å²) in [6, 6.07) is 10.6. The monoisotopic (exact) mass is 387 g/mol. The van der Waals surface area contributed by atoms with Gasteiger partial charge in [0.25, 0.3) is 0 Å². The minimum absolute atomic E-state index is 0.0777. The number of hydrogen-bond acceptors (Lipinski definition) is 5. The minimum Gasteiger partial charge on any atom is -0.505 e. The van der Waals surface area contributed by atoms with Gasteiger partial charge in [0.15, 0.2) is 17.1 Å². The number of fused-ring (bicyclic) bond motifs is 3. The first-order valence-electron chi connectivity index (χ1n) is 7.53. The number of ether oxygens (including phenoxy) is 1. The van der Waals surface area contributed by atoms with E-state index >= 15 is 0 Å². The van der Waals surface area contributed by atoms with E-state index in [1.807, 2.05) is 6.07 Å². The molecular weight excluding hydrogens is 377 g/mol. The molecule has 6 nitrogen and oxygen atoms in total. The van der Waals surface area contributed by atoms with E-state index in [-0.39, 0.29) is 11.4 Å². The van der Waals surface area contributed by atoms with Gasteiger partial charge in [0.2, 0.25) is 0 Å². The Bertz CT molecular complexity index is 1170. The molecule has 2 aromatic heterocycles. The fourth-order valence-electron chi connectivity index (χ4n) is 2.93. The topological polar surface area (TPSA) is 76.7 Å². The van der Waals surface area contributed by atoms with Gasteiger partial charge in [0, 0.05) is 20.8 Å². The molecule has 0 amide bonds. The van der Waals surface area contributed by atoms with E-state index in [1.165, 1.54) is 18.0 Å². The molecule has 2 heterocycles. The zero-order valence-electron chi connectivity index (χ0n) is 13.4. The maximum atomic E-state index is 12.1. The van der Waals surface area contributed by atoms with E-state index in [4.69, 9.17) is 27.9 Å². The number of aromatic nitrogens is 3. The Morgan fingerprint density at radius 3 is 2.50 bits per heavy atom. The molecule has 0 bridgehead atoms. The van der Waals surface area contributed by atoms with Crippen LogP contribution in [0.25, 0.3) is 27.5 Å². The summed E-state index contributed by atoms with van der Waals surface area (Å²) >= 11 is 12.2. The fraction of sp³-hybridized carbons (Fsp3) is 0.0556. The van der Waals surface area contributed by atoms with Crippen molar-refractivity contribution in [2.24, 2.45) is 0 Å². The summed E-state index contributed by atoms with van der Waals surface area (Å²) < 4.78 is 6.01. The lowest BCUT2D eigenvalue weighted by Crippen LogP contribution is -2.10. The molecule has 2 aromatic carbocycles. The van der Waals surface area contributed by atoms with Crippen molar-refractivity contribution in [1.82, 2.24) is 14.6 Å².